The average molecular weight is 372 g/mol. The van der Waals surface area contributed by atoms with E-state index in [1.165, 1.54) is 12.1 Å². The van der Waals surface area contributed by atoms with Crippen LogP contribution < -0.4 is 5.32 Å². The van der Waals surface area contributed by atoms with E-state index in [1.54, 1.807) is 18.3 Å². The van der Waals surface area contributed by atoms with Gasteiger partial charge in [0.05, 0.1) is 0 Å². The van der Waals surface area contributed by atoms with Crippen LogP contribution in [0.2, 0.25) is 5.02 Å². The summed E-state index contributed by atoms with van der Waals surface area (Å²) < 4.78 is 27.9. The molecular weight excluding hydrogens is 362 g/mol. The lowest BCUT2D eigenvalue weighted by atomic mass is 10.1. The molecule has 0 aliphatic heterocycles. The van der Waals surface area contributed by atoms with Crippen molar-refractivity contribution in [2.75, 3.05) is 5.32 Å². The maximum absolute atomic E-state index is 13.7. The van der Waals surface area contributed by atoms with Crippen LogP contribution in [0.25, 0.3) is 10.9 Å². The first-order chi connectivity index (χ1) is 10.0. The third-order valence-electron chi connectivity index (χ3n) is 3.19. The van der Waals surface area contributed by atoms with Gasteiger partial charge in [0.25, 0.3) is 0 Å². The second-order valence-electron chi connectivity index (χ2n) is 4.60. The standard InChI is InChI=1S/C15H10BrClF2N2/c16-9-3-12(18)15(13(19)4-9)21-7-8-6-20-14-5-10(17)1-2-11(8)14/h1-6,20-21H,7H2. The summed E-state index contributed by atoms with van der Waals surface area (Å²) in [5.74, 6) is -1.27. The van der Waals surface area contributed by atoms with Gasteiger partial charge in [0.1, 0.15) is 17.3 Å². The van der Waals surface area contributed by atoms with Crippen molar-refractivity contribution in [2.24, 2.45) is 0 Å². The molecule has 6 heteroatoms. The molecule has 2 N–H and O–H groups in total. The van der Waals surface area contributed by atoms with Crippen molar-refractivity contribution in [1.82, 2.24) is 4.98 Å². The highest BCUT2D eigenvalue weighted by Gasteiger charge is 2.11. The number of aromatic amines is 1. The van der Waals surface area contributed by atoms with Crippen LogP contribution in [0.4, 0.5) is 14.5 Å². The fraction of sp³-hybridized carbons (Fsp3) is 0.0667. The minimum atomic E-state index is -0.634. The zero-order chi connectivity index (χ0) is 15.0. The molecule has 0 radical (unpaired) electrons. The average Bonchev–Trinajstić information content (AvgIpc) is 2.79. The van der Waals surface area contributed by atoms with Gasteiger partial charge in [-0.3, -0.25) is 0 Å². The predicted molar refractivity (Wildman–Crippen MR) is 84.7 cm³/mol. The molecule has 3 rings (SSSR count). The first-order valence-electron chi connectivity index (χ1n) is 6.18. The topological polar surface area (TPSA) is 27.8 Å². The van der Waals surface area contributed by atoms with Crippen LogP contribution in [0.15, 0.2) is 41.0 Å². The summed E-state index contributed by atoms with van der Waals surface area (Å²) in [6.45, 7) is 0.303. The Morgan fingerprint density at radius 1 is 1.14 bits per heavy atom. The van der Waals surface area contributed by atoms with Crippen molar-refractivity contribution in [2.45, 2.75) is 6.54 Å². The van der Waals surface area contributed by atoms with E-state index in [4.69, 9.17) is 11.6 Å². The number of H-pyrrole nitrogens is 1. The molecule has 1 heterocycles. The van der Waals surface area contributed by atoms with Gasteiger partial charge < -0.3 is 10.3 Å². The molecule has 3 aromatic rings. The number of hydrogen-bond acceptors (Lipinski definition) is 1. The molecule has 0 spiro atoms. The number of anilines is 1. The molecule has 2 nitrogen and oxygen atoms in total. The number of aromatic nitrogens is 1. The molecule has 108 valence electrons. The number of benzene rings is 2. The lowest BCUT2D eigenvalue weighted by molar-refractivity contribution is 0.586. The van der Waals surface area contributed by atoms with Crippen LogP contribution >= 0.6 is 27.5 Å². The molecule has 0 aliphatic carbocycles. The van der Waals surface area contributed by atoms with Gasteiger partial charge in [-0.05, 0) is 29.8 Å². The van der Waals surface area contributed by atoms with E-state index < -0.39 is 11.6 Å². The molecule has 0 bridgehead atoms. The lowest BCUT2D eigenvalue weighted by Crippen LogP contribution is -2.03. The summed E-state index contributed by atoms with van der Waals surface area (Å²) in [5, 5.41) is 4.39. The summed E-state index contributed by atoms with van der Waals surface area (Å²) in [5.41, 5.74) is 1.65. The highest BCUT2D eigenvalue weighted by atomic mass is 79.9. The fourth-order valence-electron chi connectivity index (χ4n) is 2.20. The largest absolute Gasteiger partial charge is 0.376 e. The third-order valence-corrected chi connectivity index (χ3v) is 3.88. The van der Waals surface area contributed by atoms with Crippen molar-refractivity contribution < 1.29 is 8.78 Å². The molecule has 0 saturated carbocycles. The molecule has 0 atom stereocenters. The van der Waals surface area contributed by atoms with E-state index in [0.717, 1.165) is 16.5 Å². The molecule has 0 amide bonds. The van der Waals surface area contributed by atoms with Gasteiger partial charge in [0.15, 0.2) is 0 Å². The van der Waals surface area contributed by atoms with Crippen molar-refractivity contribution in [3.63, 3.8) is 0 Å². The molecule has 0 saturated heterocycles. The second kappa shape index (κ2) is 5.66. The van der Waals surface area contributed by atoms with Crippen LogP contribution in [-0.4, -0.2) is 4.98 Å². The smallest absolute Gasteiger partial charge is 0.150 e. The van der Waals surface area contributed by atoms with Gasteiger partial charge in [0.2, 0.25) is 0 Å². The summed E-state index contributed by atoms with van der Waals surface area (Å²) in [4.78, 5) is 3.08. The first kappa shape index (κ1) is 14.4. The van der Waals surface area contributed by atoms with Crippen molar-refractivity contribution >= 4 is 44.1 Å². The van der Waals surface area contributed by atoms with E-state index in [2.05, 4.69) is 26.2 Å². The minimum Gasteiger partial charge on any atom is -0.376 e. The maximum Gasteiger partial charge on any atom is 0.150 e. The van der Waals surface area contributed by atoms with E-state index in [-0.39, 0.29) is 5.69 Å². The van der Waals surface area contributed by atoms with Crippen LogP contribution in [0.3, 0.4) is 0 Å². The summed E-state index contributed by atoms with van der Waals surface area (Å²) in [7, 11) is 0. The van der Waals surface area contributed by atoms with E-state index in [0.29, 0.717) is 16.0 Å². The van der Waals surface area contributed by atoms with Gasteiger partial charge >= 0.3 is 0 Å². The Morgan fingerprint density at radius 3 is 2.57 bits per heavy atom. The Morgan fingerprint density at radius 2 is 1.86 bits per heavy atom. The van der Waals surface area contributed by atoms with Gasteiger partial charge in [-0.1, -0.05) is 33.6 Å². The third kappa shape index (κ3) is 2.89. The summed E-state index contributed by atoms with van der Waals surface area (Å²) >= 11 is 8.97. The number of nitrogens with one attached hydrogen (secondary N) is 2. The van der Waals surface area contributed by atoms with Gasteiger partial charge in [-0.25, -0.2) is 8.78 Å². The monoisotopic (exact) mass is 370 g/mol. The zero-order valence-corrected chi connectivity index (χ0v) is 13.0. The van der Waals surface area contributed by atoms with E-state index in [9.17, 15) is 8.78 Å². The number of fused-ring (bicyclic) bond motifs is 1. The zero-order valence-electron chi connectivity index (χ0n) is 10.7. The molecule has 2 aromatic carbocycles. The highest BCUT2D eigenvalue weighted by Crippen LogP contribution is 2.26. The van der Waals surface area contributed by atoms with Gasteiger partial charge in [-0.2, -0.15) is 0 Å². The summed E-state index contributed by atoms with van der Waals surface area (Å²) in [6.07, 6.45) is 1.79. The highest BCUT2D eigenvalue weighted by molar-refractivity contribution is 9.10. The van der Waals surface area contributed by atoms with E-state index in [1.807, 2.05) is 6.07 Å². The van der Waals surface area contributed by atoms with Crippen LogP contribution in [0.5, 0.6) is 0 Å². The molecule has 21 heavy (non-hydrogen) atoms. The number of rotatable bonds is 3. The van der Waals surface area contributed by atoms with Gasteiger partial charge in [0, 0.05) is 33.1 Å². The number of hydrogen-bond donors (Lipinski definition) is 2. The second-order valence-corrected chi connectivity index (χ2v) is 5.95. The predicted octanol–water partition coefficient (Wildman–Crippen LogP) is 5.47. The van der Waals surface area contributed by atoms with Crippen LogP contribution in [0, 0.1) is 11.6 Å². The Balaban J connectivity index is 1.87. The molecule has 1 aromatic heterocycles. The van der Waals surface area contributed by atoms with Crippen LogP contribution in [0.1, 0.15) is 5.56 Å². The Bertz CT molecular complexity index is 794. The Labute approximate surface area is 133 Å². The minimum absolute atomic E-state index is 0.137. The van der Waals surface area contributed by atoms with E-state index >= 15 is 0 Å². The molecule has 0 aliphatic rings. The van der Waals surface area contributed by atoms with Crippen molar-refractivity contribution in [1.29, 1.82) is 0 Å². The maximum atomic E-state index is 13.7. The number of halogens is 4. The Hall–Kier alpha value is -1.59. The van der Waals surface area contributed by atoms with Gasteiger partial charge in [-0.15, -0.1) is 0 Å². The SMILES string of the molecule is Fc1cc(Br)cc(F)c1NCc1c[nH]c2cc(Cl)ccc12. The Kier molecular flexibility index (Phi) is 3.87. The normalized spacial score (nSPS) is 11.0. The lowest BCUT2D eigenvalue weighted by Gasteiger charge is -2.09. The first-order valence-corrected chi connectivity index (χ1v) is 7.35. The molecule has 0 fully saturated rings. The van der Waals surface area contributed by atoms with Crippen molar-refractivity contribution in [3.8, 4) is 0 Å². The molecular formula is C15H10BrClF2N2. The van der Waals surface area contributed by atoms with Crippen LogP contribution in [-0.2, 0) is 6.54 Å². The fourth-order valence-corrected chi connectivity index (χ4v) is 2.77. The summed E-state index contributed by atoms with van der Waals surface area (Å²) in [6, 6.07) is 7.91. The molecule has 0 unspecified atom stereocenters. The van der Waals surface area contributed by atoms with Crippen molar-refractivity contribution in [3.05, 3.63) is 63.2 Å². The quantitative estimate of drug-likeness (QED) is 0.627.